The van der Waals surface area contributed by atoms with Crippen LogP contribution in [0.4, 0.5) is 4.39 Å². The van der Waals surface area contributed by atoms with Gasteiger partial charge in [-0.3, -0.25) is 4.79 Å². The third-order valence-corrected chi connectivity index (χ3v) is 4.22. The highest BCUT2D eigenvalue weighted by molar-refractivity contribution is 5.79. The zero-order valence-corrected chi connectivity index (χ0v) is 11.6. The van der Waals surface area contributed by atoms with Gasteiger partial charge < -0.3 is 10.2 Å². The quantitative estimate of drug-likeness (QED) is 0.915. The maximum atomic E-state index is 13.8. The molecule has 3 rings (SSSR count). The number of rotatable bonds is 4. The Hall–Kier alpha value is -1.42. The van der Waals surface area contributed by atoms with Crippen LogP contribution in [-0.2, 0) is 11.3 Å². The highest BCUT2D eigenvalue weighted by atomic mass is 19.1. The highest BCUT2D eigenvalue weighted by Gasteiger charge is 2.36. The summed E-state index contributed by atoms with van der Waals surface area (Å²) in [4.78, 5) is 14.6. The molecule has 1 atom stereocenters. The molecular weight excluding hydrogens is 255 g/mol. The number of piperidine rings is 1. The lowest BCUT2D eigenvalue weighted by molar-refractivity contribution is -0.137. The summed E-state index contributed by atoms with van der Waals surface area (Å²) in [5, 5.41) is 3.28. The predicted molar refractivity (Wildman–Crippen MR) is 75.6 cm³/mol. The summed E-state index contributed by atoms with van der Waals surface area (Å²) in [5.74, 6) is 0.0480. The number of nitrogens with one attached hydrogen (secondary N) is 1. The van der Waals surface area contributed by atoms with Crippen molar-refractivity contribution in [3.63, 3.8) is 0 Å². The number of carbonyl (C=O) groups excluding carboxylic acids is 1. The predicted octanol–water partition coefficient (Wildman–Crippen LogP) is 2.32. The molecule has 0 bridgehead atoms. The fourth-order valence-corrected chi connectivity index (χ4v) is 2.88. The number of nitrogens with zero attached hydrogens (tertiary/aromatic N) is 1. The first-order valence-corrected chi connectivity index (χ1v) is 7.50. The standard InChI is InChI=1S/C16H21FN2O/c17-15-6-2-1-4-13(15)11-19(14-7-8-14)16(20)12-5-3-9-18-10-12/h1-2,4,6,12,14,18H,3,5,7-11H2. The van der Waals surface area contributed by atoms with Crippen LogP contribution in [0.2, 0.25) is 0 Å². The van der Waals surface area contributed by atoms with E-state index in [-0.39, 0.29) is 17.6 Å². The van der Waals surface area contributed by atoms with E-state index < -0.39 is 0 Å². The molecule has 1 saturated carbocycles. The third-order valence-electron chi connectivity index (χ3n) is 4.22. The molecule has 4 heteroatoms. The summed E-state index contributed by atoms with van der Waals surface area (Å²) in [5.41, 5.74) is 0.622. The summed E-state index contributed by atoms with van der Waals surface area (Å²) < 4.78 is 13.8. The lowest BCUT2D eigenvalue weighted by atomic mass is 9.97. The Bertz CT molecular complexity index is 481. The molecule has 0 spiro atoms. The van der Waals surface area contributed by atoms with Gasteiger partial charge in [0.05, 0.1) is 5.92 Å². The van der Waals surface area contributed by atoms with E-state index in [9.17, 15) is 9.18 Å². The first kappa shape index (κ1) is 13.6. The van der Waals surface area contributed by atoms with E-state index in [4.69, 9.17) is 0 Å². The summed E-state index contributed by atoms with van der Waals surface area (Å²) in [6, 6.07) is 7.08. The average Bonchev–Trinajstić information content (AvgIpc) is 3.31. The van der Waals surface area contributed by atoms with Crippen LogP contribution >= 0.6 is 0 Å². The number of hydrogen-bond donors (Lipinski definition) is 1. The van der Waals surface area contributed by atoms with Crippen LogP contribution in [-0.4, -0.2) is 29.9 Å². The van der Waals surface area contributed by atoms with E-state index >= 15 is 0 Å². The molecule has 3 nitrogen and oxygen atoms in total. The number of benzene rings is 1. The van der Waals surface area contributed by atoms with E-state index in [1.165, 1.54) is 6.07 Å². The monoisotopic (exact) mass is 276 g/mol. The molecule has 1 amide bonds. The maximum absolute atomic E-state index is 13.8. The van der Waals surface area contributed by atoms with Gasteiger partial charge in [-0.05, 0) is 38.3 Å². The number of hydrogen-bond acceptors (Lipinski definition) is 2. The number of amides is 1. The summed E-state index contributed by atoms with van der Waals surface area (Å²) in [7, 11) is 0. The lowest BCUT2D eigenvalue weighted by Crippen LogP contribution is -2.43. The molecule has 1 aliphatic carbocycles. The largest absolute Gasteiger partial charge is 0.335 e. The molecule has 20 heavy (non-hydrogen) atoms. The fourth-order valence-electron chi connectivity index (χ4n) is 2.88. The molecule has 1 saturated heterocycles. The Morgan fingerprint density at radius 2 is 2.10 bits per heavy atom. The van der Waals surface area contributed by atoms with Crippen LogP contribution in [0.3, 0.4) is 0 Å². The summed E-state index contributed by atoms with van der Waals surface area (Å²) in [6.07, 6.45) is 4.11. The molecule has 1 unspecified atom stereocenters. The van der Waals surface area contributed by atoms with Crippen molar-refractivity contribution >= 4 is 5.91 Å². The first-order chi connectivity index (χ1) is 9.75. The minimum absolute atomic E-state index is 0.0659. The van der Waals surface area contributed by atoms with Crippen LogP contribution in [0.1, 0.15) is 31.2 Å². The van der Waals surface area contributed by atoms with Crippen molar-refractivity contribution in [1.29, 1.82) is 0 Å². The van der Waals surface area contributed by atoms with Gasteiger partial charge in [-0.25, -0.2) is 4.39 Å². The molecule has 108 valence electrons. The SMILES string of the molecule is O=C(C1CCCNC1)N(Cc1ccccc1F)C1CC1. The van der Waals surface area contributed by atoms with Crippen LogP contribution in [0.25, 0.3) is 0 Å². The lowest BCUT2D eigenvalue weighted by Gasteiger charge is -2.30. The molecule has 1 aromatic carbocycles. The normalized spacial score (nSPS) is 22.6. The molecule has 0 aromatic heterocycles. The number of carbonyl (C=O) groups is 1. The zero-order valence-electron chi connectivity index (χ0n) is 11.6. The summed E-state index contributed by atoms with van der Waals surface area (Å²) >= 11 is 0. The van der Waals surface area contributed by atoms with Crippen LogP contribution in [0, 0.1) is 11.7 Å². The van der Waals surface area contributed by atoms with Crippen molar-refractivity contribution in [2.45, 2.75) is 38.3 Å². The van der Waals surface area contributed by atoms with Crippen LogP contribution in [0.5, 0.6) is 0 Å². The van der Waals surface area contributed by atoms with Crippen molar-refractivity contribution in [2.24, 2.45) is 5.92 Å². The van der Waals surface area contributed by atoms with E-state index in [0.717, 1.165) is 38.8 Å². The minimum Gasteiger partial charge on any atom is -0.335 e. The summed E-state index contributed by atoms with van der Waals surface area (Å²) in [6.45, 7) is 2.17. The molecule has 2 fully saturated rings. The Kier molecular flexibility index (Phi) is 4.01. The van der Waals surface area contributed by atoms with Gasteiger partial charge in [-0.2, -0.15) is 0 Å². The van der Waals surface area contributed by atoms with Crippen LogP contribution < -0.4 is 5.32 Å². The molecule has 0 radical (unpaired) electrons. The fraction of sp³-hybridized carbons (Fsp3) is 0.562. The van der Waals surface area contributed by atoms with E-state index in [1.54, 1.807) is 12.1 Å². The second-order valence-corrected chi connectivity index (χ2v) is 5.83. The van der Waals surface area contributed by atoms with E-state index in [0.29, 0.717) is 18.2 Å². The van der Waals surface area contributed by atoms with Crippen molar-refractivity contribution in [1.82, 2.24) is 10.2 Å². The second-order valence-electron chi connectivity index (χ2n) is 5.83. The van der Waals surface area contributed by atoms with Crippen molar-refractivity contribution < 1.29 is 9.18 Å². The van der Waals surface area contributed by atoms with Crippen molar-refractivity contribution in [3.05, 3.63) is 35.6 Å². The Morgan fingerprint density at radius 1 is 1.30 bits per heavy atom. The van der Waals surface area contributed by atoms with Gasteiger partial charge in [0, 0.05) is 24.7 Å². The Morgan fingerprint density at radius 3 is 2.75 bits per heavy atom. The second kappa shape index (κ2) is 5.92. The molecule has 1 aliphatic heterocycles. The molecule has 2 aliphatic rings. The van der Waals surface area contributed by atoms with E-state index in [2.05, 4.69) is 5.32 Å². The Balaban J connectivity index is 1.72. The van der Waals surface area contributed by atoms with Gasteiger partial charge in [0.15, 0.2) is 0 Å². The first-order valence-electron chi connectivity index (χ1n) is 7.50. The highest BCUT2D eigenvalue weighted by Crippen LogP contribution is 2.31. The maximum Gasteiger partial charge on any atom is 0.227 e. The smallest absolute Gasteiger partial charge is 0.227 e. The molecule has 1 aromatic rings. The minimum atomic E-state index is -0.215. The molecule has 1 N–H and O–H groups in total. The zero-order chi connectivity index (χ0) is 13.9. The van der Waals surface area contributed by atoms with Gasteiger partial charge >= 0.3 is 0 Å². The van der Waals surface area contributed by atoms with Crippen LogP contribution in [0.15, 0.2) is 24.3 Å². The van der Waals surface area contributed by atoms with Crippen molar-refractivity contribution in [3.8, 4) is 0 Å². The van der Waals surface area contributed by atoms with Crippen molar-refractivity contribution in [2.75, 3.05) is 13.1 Å². The topological polar surface area (TPSA) is 32.3 Å². The Labute approximate surface area is 119 Å². The average molecular weight is 276 g/mol. The number of halogens is 1. The van der Waals surface area contributed by atoms with Gasteiger partial charge in [0.1, 0.15) is 5.82 Å². The molecule has 1 heterocycles. The van der Waals surface area contributed by atoms with Gasteiger partial charge in [-0.1, -0.05) is 18.2 Å². The van der Waals surface area contributed by atoms with E-state index in [1.807, 2.05) is 11.0 Å². The van der Waals surface area contributed by atoms with Gasteiger partial charge in [0.25, 0.3) is 0 Å². The van der Waals surface area contributed by atoms with Gasteiger partial charge in [0.2, 0.25) is 5.91 Å². The van der Waals surface area contributed by atoms with Gasteiger partial charge in [-0.15, -0.1) is 0 Å². The third kappa shape index (κ3) is 3.01. The molecular formula is C16H21FN2O.